The molecule has 1 amide bonds. The number of aryl methyl sites for hydroxylation is 1. The molecule has 4 aliphatic carbocycles. The van der Waals surface area contributed by atoms with Gasteiger partial charge in [-0.3, -0.25) is 4.79 Å². The van der Waals surface area contributed by atoms with E-state index in [1.807, 2.05) is 0 Å². The lowest BCUT2D eigenvalue weighted by molar-refractivity contribution is -0.140. The Morgan fingerprint density at radius 2 is 1.57 bits per heavy atom. The number of hydrogen-bond donors (Lipinski definition) is 1. The zero-order valence-corrected chi connectivity index (χ0v) is 12.9. The highest BCUT2D eigenvalue weighted by Gasteiger charge is 2.54. The Morgan fingerprint density at radius 1 is 1.05 bits per heavy atom. The molecule has 4 bridgehead atoms. The Morgan fingerprint density at radius 3 is 2.05 bits per heavy atom. The molecule has 5 rings (SSSR count). The Hall–Kier alpha value is -1.31. The molecular weight excluding hydrogens is 258 g/mol. The highest BCUT2D eigenvalue weighted by Crippen LogP contribution is 2.60. The fourth-order valence-corrected chi connectivity index (χ4v) is 5.48. The van der Waals surface area contributed by atoms with E-state index in [9.17, 15) is 4.79 Å². The van der Waals surface area contributed by atoms with E-state index in [0.717, 1.165) is 49.1 Å². The van der Waals surface area contributed by atoms with Gasteiger partial charge in [-0.1, -0.05) is 19.1 Å². The summed E-state index contributed by atoms with van der Waals surface area (Å²) in [6, 6.07) is 8.35. The van der Waals surface area contributed by atoms with Gasteiger partial charge in [-0.05, 0) is 80.4 Å². The largest absolute Gasteiger partial charge is 0.326 e. The van der Waals surface area contributed by atoms with Gasteiger partial charge in [0.15, 0.2) is 0 Å². The molecule has 0 spiro atoms. The topological polar surface area (TPSA) is 29.1 Å². The van der Waals surface area contributed by atoms with Crippen molar-refractivity contribution in [1.82, 2.24) is 0 Å². The summed E-state index contributed by atoms with van der Waals surface area (Å²) in [7, 11) is 0. The average molecular weight is 283 g/mol. The molecule has 0 unspecified atom stereocenters. The predicted octanol–water partition coefficient (Wildman–Crippen LogP) is 4.40. The molecule has 1 aromatic rings. The fraction of sp³-hybridized carbons (Fsp3) is 0.632. The van der Waals surface area contributed by atoms with E-state index in [-0.39, 0.29) is 5.41 Å². The van der Waals surface area contributed by atoms with E-state index in [1.54, 1.807) is 0 Å². The van der Waals surface area contributed by atoms with Crippen LogP contribution in [0.2, 0.25) is 0 Å². The van der Waals surface area contributed by atoms with E-state index in [0.29, 0.717) is 5.91 Å². The van der Waals surface area contributed by atoms with Gasteiger partial charge < -0.3 is 5.32 Å². The summed E-state index contributed by atoms with van der Waals surface area (Å²) in [5, 5.41) is 3.21. The van der Waals surface area contributed by atoms with Crippen molar-refractivity contribution in [2.45, 2.75) is 51.9 Å². The molecule has 2 heteroatoms. The Bertz CT molecular complexity index is 510. The van der Waals surface area contributed by atoms with Gasteiger partial charge in [-0.15, -0.1) is 0 Å². The van der Waals surface area contributed by atoms with Crippen LogP contribution < -0.4 is 5.32 Å². The van der Waals surface area contributed by atoms with Crippen molar-refractivity contribution in [1.29, 1.82) is 0 Å². The number of amides is 1. The van der Waals surface area contributed by atoms with Gasteiger partial charge in [0.1, 0.15) is 0 Å². The predicted molar refractivity (Wildman–Crippen MR) is 85.1 cm³/mol. The van der Waals surface area contributed by atoms with Crippen molar-refractivity contribution < 1.29 is 4.79 Å². The first-order valence-electron chi connectivity index (χ1n) is 8.57. The maximum absolute atomic E-state index is 12.9. The van der Waals surface area contributed by atoms with Crippen molar-refractivity contribution in [2.75, 3.05) is 5.32 Å². The molecule has 1 aromatic carbocycles. The molecule has 4 fully saturated rings. The SMILES string of the molecule is CCc1ccc(NC(=O)C23CC4CC(CC(C4)C2)C3)cc1. The second kappa shape index (κ2) is 4.86. The summed E-state index contributed by atoms with van der Waals surface area (Å²) in [4.78, 5) is 12.9. The molecule has 1 N–H and O–H groups in total. The Balaban J connectivity index is 1.51. The molecule has 0 saturated heterocycles. The summed E-state index contributed by atoms with van der Waals surface area (Å²) in [6.07, 6.45) is 8.62. The smallest absolute Gasteiger partial charge is 0.230 e. The van der Waals surface area contributed by atoms with Crippen LogP contribution in [-0.2, 0) is 11.2 Å². The van der Waals surface area contributed by atoms with Crippen LogP contribution in [0.1, 0.15) is 51.0 Å². The molecule has 21 heavy (non-hydrogen) atoms. The van der Waals surface area contributed by atoms with Crippen LogP contribution in [0.25, 0.3) is 0 Å². The zero-order chi connectivity index (χ0) is 14.4. The minimum Gasteiger partial charge on any atom is -0.326 e. The maximum Gasteiger partial charge on any atom is 0.230 e. The highest BCUT2D eigenvalue weighted by atomic mass is 16.2. The summed E-state index contributed by atoms with van der Waals surface area (Å²) < 4.78 is 0. The van der Waals surface area contributed by atoms with Crippen molar-refractivity contribution >= 4 is 11.6 Å². The van der Waals surface area contributed by atoms with Crippen LogP contribution in [0.4, 0.5) is 5.69 Å². The molecule has 0 aliphatic heterocycles. The Labute approximate surface area is 127 Å². The third-order valence-corrected chi connectivity index (χ3v) is 6.14. The van der Waals surface area contributed by atoms with Crippen LogP contribution in [0.15, 0.2) is 24.3 Å². The van der Waals surface area contributed by atoms with Crippen LogP contribution in [0, 0.1) is 23.2 Å². The fourth-order valence-electron chi connectivity index (χ4n) is 5.48. The van der Waals surface area contributed by atoms with Gasteiger partial charge in [0, 0.05) is 5.69 Å². The number of carbonyl (C=O) groups excluding carboxylic acids is 1. The van der Waals surface area contributed by atoms with Gasteiger partial charge in [0.2, 0.25) is 5.91 Å². The molecule has 2 nitrogen and oxygen atoms in total. The number of nitrogens with one attached hydrogen (secondary N) is 1. The van der Waals surface area contributed by atoms with Gasteiger partial charge in [0.05, 0.1) is 5.41 Å². The van der Waals surface area contributed by atoms with Crippen LogP contribution in [-0.4, -0.2) is 5.91 Å². The van der Waals surface area contributed by atoms with Crippen LogP contribution >= 0.6 is 0 Å². The van der Waals surface area contributed by atoms with E-state index in [2.05, 4.69) is 36.5 Å². The number of carbonyl (C=O) groups is 1. The van der Waals surface area contributed by atoms with Crippen molar-refractivity contribution in [3.63, 3.8) is 0 Å². The third-order valence-electron chi connectivity index (χ3n) is 6.14. The van der Waals surface area contributed by atoms with E-state index in [4.69, 9.17) is 0 Å². The summed E-state index contributed by atoms with van der Waals surface area (Å²) >= 11 is 0. The van der Waals surface area contributed by atoms with Gasteiger partial charge >= 0.3 is 0 Å². The molecular formula is C19H25NO. The van der Waals surface area contributed by atoms with E-state index < -0.39 is 0 Å². The lowest BCUT2D eigenvalue weighted by Crippen LogP contribution is -2.51. The minimum atomic E-state index is -0.0435. The molecule has 4 saturated carbocycles. The Kier molecular flexibility index (Phi) is 3.09. The minimum absolute atomic E-state index is 0.0435. The summed E-state index contributed by atoms with van der Waals surface area (Å²) in [5.41, 5.74) is 2.24. The molecule has 0 heterocycles. The number of benzene rings is 1. The number of hydrogen-bond acceptors (Lipinski definition) is 1. The standard InChI is InChI=1S/C19H25NO/c1-2-13-3-5-17(6-4-13)20-18(21)19-10-14-7-15(11-19)9-16(8-14)12-19/h3-6,14-16H,2,7-12H2,1H3,(H,20,21). The lowest BCUT2D eigenvalue weighted by atomic mass is 9.49. The quantitative estimate of drug-likeness (QED) is 0.875. The van der Waals surface area contributed by atoms with Gasteiger partial charge in [-0.2, -0.15) is 0 Å². The molecule has 4 aliphatic rings. The van der Waals surface area contributed by atoms with E-state index in [1.165, 1.54) is 24.8 Å². The lowest BCUT2D eigenvalue weighted by Gasteiger charge is -2.55. The molecule has 0 radical (unpaired) electrons. The first-order valence-corrected chi connectivity index (χ1v) is 8.57. The van der Waals surface area contributed by atoms with Crippen molar-refractivity contribution in [2.24, 2.45) is 23.2 Å². The van der Waals surface area contributed by atoms with Crippen molar-refractivity contribution in [3.8, 4) is 0 Å². The second-order valence-electron chi connectivity index (χ2n) is 7.70. The molecule has 0 aromatic heterocycles. The number of anilines is 1. The zero-order valence-electron chi connectivity index (χ0n) is 12.9. The maximum atomic E-state index is 12.9. The summed E-state index contributed by atoms with van der Waals surface area (Å²) in [5.74, 6) is 2.77. The highest BCUT2D eigenvalue weighted by molar-refractivity contribution is 5.95. The van der Waals surface area contributed by atoms with Crippen LogP contribution in [0.5, 0.6) is 0 Å². The monoisotopic (exact) mass is 283 g/mol. The second-order valence-corrected chi connectivity index (χ2v) is 7.70. The van der Waals surface area contributed by atoms with Gasteiger partial charge in [-0.25, -0.2) is 0 Å². The van der Waals surface area contributed by atoms with Crippen LogP contribution in [0.3, 0.4) is 0 Å². The third kappa shape index (κ3) is 2.29. The summed E-state index contributed by atoms with van der Waals surface area (Å²) in [6.45, 7) is 2.16. The molecule has 112 valence electrons. The normalized spacial score (nSPS) is 36.7. The first kappa shape index (κ1) is 13.4. The average Bonchev–Trinajstić information content (AvgIpc) is 2.46. The van der Waals surface area contributed by atoms with E-state index >= 15 is 0 Å². The molecule has 0 atom stereocenters. The first-order chi connectivity index (χ1) is 10.2. The van der Waals surface area contributed by atoms with Crippen molar-refractivity contribution in [3.05, 3.63) is 29.8 Å². The van der Waals surface area contributed by atoms with Gasteiger partial charge in [0.25, 0.3) is 0 Å². The number of rotatable bonds is 3.